The normalized spacial score (nSPS) is 18.4. The van der Waals surface area contributed by atoms with E-state index in [1.807, 2.05) is 41.9 Å². The van der Waals surface area contributed by atoms with Crippen LogP contribution in [-0.4, -0.2) is 40.7 Å². The molecule has 1 saturated carbocycles. The Balaban J connectivity index is 1.46. The van der Waals surface area contributed by atoms with Gasteiger partial charge in [0.1, 0.15) is 5.69 Å². The fourth-order valence-corrected chi connectivity index (χ4v) is 5.15. The number of aryl methyl sites for hydroxylation is 1. The third kappa shape index (κ3) is 5.75. The van der Waals surface area contributed by atoms with Crippen LogP contribution in [0.25, 0.3) is 5.69 Å². The van der Waals surface area contributed by atoms with E-state index in [2.05, 4.69) is 15.5 Å². The molecule has 2 aliphatic rings. The molecule has 0 spiro atoms. The zero-order valence-electron chi connectivity index (χ0n) is 20.0. The molecule has 0 unspecified atom stereocenters. The number of nitrogens with zero attached hydrogens (tertiary/aromatic N) is 3. The van der Waals surface area contributed by atoms with Crippen molar-refractivity contribution in [3.8, 4) is 5.69 Å². The maximum absolute atomic E-state index is 13.0. The van der Waals surface area contributed by atoms with Gasteiger partial charge in [0.2, 0.25) is 11.8 Å². The molecule has 2 aromatic rings. The van der Waals surface area contributed by atoms with Crippen molar-refractivity contribution in [3.63, 3.8) is 0 Å². The molecule has 2 amide bonds. The van der Waals surface area contributed by atoms with E-state index < -0.39 is 0 Å². The van der Waals surface area contributed by atoms with Crippen LogP contribution in [0, 0.1) is 12.8 Å². The Morgan fingerprint density at radius 1 is 0.939 bits per heavy atom. The summed E-state index contributed by atoms with van der Waals surface area (Å²) in [6, 6.07) is 10.3. The topological polar surface area (TPSA) is 79.3 Å². The maximum Gasteiger partial charge on any atom is 0.223 e. The third-order valence-corrected chi connectivity index (χ3v) is 6.95. The molecule has 1 aliphatic heterocycles. The van der Waals surface area contributed by atoms with Crippen molar-refractivity contribution in [1.29, 1.82) is 0 Å². The number of amides is 2. The van der Waals surface area contributed by atoms with Crippen LogP contribution < -0.4 is 15.5 Å². The lowest BCUT2D eigenvalue weighted by molar-refractivity contribution is -0.126. The highest BCUT2D eigenvalue weighted by molar-refractivity contribution is 5.93. The van der Waals surface area contributed by atoms with E-state index in [1.165, 1.54) is 39.0 Å². The van der Waals surface area contributed by atoms with Gasteiger partial charge in [0, 0.05) is 32.0 Å². The molecule has 0 radical (unpaired) electrons. The standard InChI is InChI=1S/C26H37N5O2/c1-19-24(27-20(2)32)26(31(29-19)23-13-9-6-10-14-23)30-17-15-21(16-18-30)25(33)28-22-11-7-4-3-5-8-12-22/h6,9-10,13-14,21-22H,3-5,7-8,11-12,15-18H2,1-2H3,(H,27,32)(H,28,33). The van der Waals surface area contributed by atoms with Crippen LogP contribution in [-0.2, 0) is 9.59 Å². The zero-order chi connectivity index (χ0) is 23.2. The van der Waals surface area contributed by atoms with Crippen LogP contribution in [0.5, 0.6) is 0 Å². The summed E-state index contributed by atoms with van der Waals surface area (Å²) in [6.07, 6.45) is 10.2. The van der Waals surface area contributed by atoms with Crippen molar-refractivity contribution in [2.45, 2.75) is 77.7 Å². The van der Waals surface area contributed by atoms with Crippen molar-refractivity contribution in [3.05, 3.63) is 36.0 Å². The van der Waals surface area contributed by atoms with Gasteiger partial charge >= 0.3 is 0 Å². The van der Waals surface area contributed by atoms with Crippen LogP contribution in [0.2, 0.25) is 0 Å². The van der Waals surface area contributed by atoms with E-state index in [1.54, 1.807) is 0 Å². The highest BCUT2D eigenvalue weighted by Crippen LogP contribution is 2.35. The summed E-state index contributed by atoms with van der Waals surface area (Å²) in [5.41, 5.74) is 2.49. The zero-order valence-corrected chi connectivity index (χ0v) is 20.0. The minimum Gasteiger partial charge on any atom is -0.355 e. The molecule has 2 fully saturated rings. The first-order valence-corrected chi connectivity index (χ1v) is 12.5. The summed E-state index contributed by atoms with van der Waals surface area (Å²) in [5, 5.41) is 11.1. The molecular formula is C26H37N5O2. The number of carbonyl (C=O) groups excluding carboxylic acids is 2. The van der Waals surface area contributed by atoms with Gasteiger partial charge < -0.3 is 15.5 Å². The number of carbonyl (C=O) groups is 2. The monoisotopic (exact) mass is 451 g/mol. The van der Waals surface area contributed by atoms with Gasteiger partial charge in [0.05, 0.1) is 11.4 Å². The van der Waals surface area contributed by atoms with Crippen LogP contribution in [0.1, 0.15) is 70.4 Å². The third-order valence-electron chi connectivity index (χ3n) is 6.95. The summed E-state index contributed by atoms with van der Waals surface area (Å²) in [6.45, 7) is 4.96. The van der Waals surface area contributed by atoms with Crippen molar-refractivity contribution >= 4 is 23.3 Å². The van der Waals surface area contributed by atoms with E-state index in [0.717, 1.165) is 61.7 Å². The fraction of sp³-hybridized carbons (Fsp3) is 0.577. The van der Waals surface area contributed by atoms with Crippen molar-refractivity contribution in [1.82, 2.24) is 15.1 Å². The fourth-order valence-electron chi connectivity index (χ4n) is 5.15. The molecule has 2 N–H and O–H groups in total. The van der Waals surface area contributed by atoms with E-state index in [-0.39, 0.29) is 17.7 Å². The van der Waals surface area contributed by atoms with Gasteiger partial charge in [-0.1, -0.05) is 50.3 Å². The van der Waals surface area contributed by atoms with Crippen LogP contribution in [0.3, 0.4) is 0 Å². The van der Waals surface area contributed by atoms with Gasteiger partial charge in [0.25, 0.3) is 0 Å². The number of benzene rings is 1. The molecule has 7 nitrogen and oxygen atoms in total. The largest absolute Gasteiger partial charge is 0.355 e. The SMILES string of the molecule is CC(=O)Nc1c(C)nn(-c2ccccc2)c1N1CCC(C(=O)NC2CCCCCCC2)CC1. The minimum atomic E-state index is -0.111. The Bertz CT molecular complexity index is 939. The molecule has 0 atom stereocenters. The summed E-state index contributed by atoms with van der Waals surface area (Å²) >= 11 is 0. The van der Waals surface area contributed by atoms with Gasteiger partial charge in [-0.15, -0.1) is 0 Å². The van der Waals surface area contributed by atoms with Gasteiger partial charge in [-0.3, -0.25) is 9.59 Å². The average molecular weight is 452 g/mol. The van der Waals surface area contributed by atoms with Crippen molar-refractivity contribution in [2.24, 2.45) is 5.92 Å². The Morgan fingerprint density at radius 2 is 1.58 bits per heavy atom. The first-order chi connectivity index (χ1) is 16.0. The predicted octanol–water partition coefficient (Wildman–Crippen LogP) is 4.58. The molecule has 1 aromatic heterocycles. The molecule has 33 heavy (non-hydrogen) atoms. The predicted molar refractivity (Wildman–Crippen MR) is 132 cm³/mol. The van der Waals surface area contributed by atoms with Crippen LogP contribution >= 0.6 is 0 Å². The minimum absolute atomic E-state index is 0.0464. The number of nitrogens with one attached hydrogen (secondary N) is 2. The number of rotatable bonds is 5. The lowest BCUT2D eigenvalue weighted by atomic mass is 9.93. The summed E-state index contributed by atoms with van der Waals surface area (Å²) in [7, 11) is 0. The average Bonchev–Trinajstić information content (AvgIpc) is 3.11. The second-order valence-corrected chi connectivity index (χ2v) is 9.52. The summed E-state index contributed by atoms with van der Waals surface area (Å²) in [5.74, 6) is 1.05. The lowest BCUT2D eigenvalue weighted by Crippen LogP contribution is -2.44. The molecule has 178 valence electrons. The quantitative estimate of drug-likeness (QED) is 0.697. The lowest BCUT2D eigenvalue weighted by Gasteiger charge is -2.34. The Morgan fingerprint density at radius 3 is 2.21 bits per heavy atom. The van der Waals surface area contributed by atoms with Gasteiger partial charge in [-0.25, -0.2) is 4.68 Å². The summed E-state index contributed by atoms with van der Waals surface area (Å²) in [4.78, 5) is 27.2. The van der Waals surface area contributed by atoms with Crippen molar-refractivity contribution in [2.75, 3.05) is 23.3 Å². The molecular weight excluding hydrogens is 414 g/mol. The molecule has 0 bridgehead atoms. The molecule has 4 rings (SSSR count). The molecule has 1 aromatic carbocycles. The second-order valence-electron chi connectivity index (χ2n) is 9.52. The number of anilines is 2. The Kier molecular flexibility index (Phi) is 7.68. The number of hydrogen-bond acceptors (Lipinski definition) is 4. The highest BCUT2D eigenvalue weighted by Gasteiger charge is 2.30. The molecule has 1 saturated heterocycles. The molecule has 1 aliphatic carbocycles. The summed E-state index contributed by atoms with van der Waals surface area (Å²) < 4.78 is 1.91. The number of piperidine rings is 1. The maximum atomic E-state index is 13.0. The van der Waals surface area contributed by atoms with E-state index in [0.29, 0.717) is 6.04 Å². The first kappa shape index (κ1) is 23.3. The van der Waals surface area contributed by atoms with E-state index in [9.17, 15) is 9.59 Å². The smallest absolute Gasteiger partial charge is 0.223 e. The number of hydrogen-bond donors (Lipinski definition) is 2. The second kappa shape index (κ2) is 10.9. The van der Waals surface area contributed by atoms with Crippen LogP contribution in [0.15, 0.2) is 30.3 Å². The number of para-hydroxylation sites is 1. The van der Waals surface area contributed by atoms with Gasteiger partial charge in [-0.05, 0) is 44.7 Å². The van der Waals surface area contributed by atoms with E-state index in [4.69, 9.17) is 5.10 Å². The molecule has 2 heterocycles. The van der Waals surface area contributed by atoms with Crippen LogP contribution in [0.4, 0.5) is 11.5 Å². The number of aromatic nitrogens is 2. The van der Waals surface area contributed by atoms with Gasteiger partial charge in [-0.2, -0.15) is 5.10 Å². The Labute approximate surface area is 196 Å². The van der Waals surface area contributed by atoms with Crippen molar-refractivity contribution < 1.29 is 9.59 Å². The highest BCUT2D eigenvalue weighted by atomic mass is 16.2. The Hall–Kier alpha value is -2.83. The molecule has 7 heteroatoms. The van der Waals surface area contributed by atoms with Gasteiger partial charge in [0.15, 0.2) is 5.82 Å². The van der Waals surface area contributed by atoms with E-state index >= 15 is 0 Å². The first-order valence-electron chi connectivity index (χ1n) is 12.5.